The number of benzene rings is 2. The van der Waals surface area contributed by atoms with Crippen molar-refractivity contribution in [2.24, 2.45) is 0 Å². The first-order valence-electron chi connectivity index (χ1n) is 9.92. The number of piperidine rings is 1. The third-order valence-electron chi connectivity index (χ3n) is 5.34. The average molecular weight is 396 g/mol. The number of nitrogens with zero attached hydrogens (tertiary/aromatic N) is 4. The van der Waals surface area contributed by atoms with E-state index in [-0.39, 0.29) is 11.6 Å². The lowest BCUT2D eigenvalue weighted by atomic mass is 10.1. The van der Waals surface area contributed by atoms with Crippen LogP contribution in [0.3, 0.4) is 0 Å². The van der Waals surface area contributed by atoms with E-state index in [4.69, 9.17) is 0 Å². The fourth-order valence-corrected chi connectivity index (χ4v) is 3.82. The summed E-state index contributed by atoms with van der Waals surface area (Å²) < 4.78 is 0. The Labute approximate surface area is 171 Å². The topological polar surface area (TPSA) is 69.9 Å². The van der Waals surface area contributed by atoms with Crippen molar-refractivity contribution in [1.82, 2.24) is 4.90 Å². The molecule has 3 rings (SSSR count). The predicted molar refractivity (Wildman–Crippen MR) is 116 cm³/mol. The fourth-order valence-electron chi connectivity index (χ4n) is 3.82. The molecule has 0 radical (unpaired) electrons. The zero-order valence-electron chi connectivity index (χ0n) is 17.3. The maximum atomic E-state index is 13.0. The van der Waals surface area contributed by atoms with Crippen LogP contribution >= 0.6 is 0 Å². The number of para-hydroxylation sites is 1. The Hall–Kier alpha value is -3.09. The average Bonchev–Trinajstić information content (AvgIpc) is 2.73. The molecule has 0 bridgehead atoms. The number of hydrogen-bond donors (Lipinski definition) is 0. The summed E-state index contributed by atoms with van der Waals surface area (Å²) in [7, 11) is 5.22. The van der Waals surface area contributed by atoms with E-state index in [1.807, 2.05) is 18.2 Å². The summed E-state index contributed by atoms with van der Waals surface area (Å²) in [6, 6.07) is 12.8. The zero-order chi connectivity index (χ0) is 21.0. The van der Waals surface area contributed by atoms with Gasteiger partial charge >= 0.3 is 0 Å². The molecular weight excluding hydrogens is 368 g/mol. The molecular formula is C22H28N4O3. The Balaban J connectivity index is 1.81. The van der Waals surface area contributed by atoms with Crippen molar-refractivity contribution in [1.29, 1.82) is 0 Å². The van der Waals surface area contributed by atoms with Gasteiger partial charge in [0.25, 0.3) is 11.6 Å². The number of anilines is 2. The van der Waals surface area contributed by atoms with E-state index in [2.05, 4.69) is 11.0 Å². The number of rotatable bonds is 6. The summed E-state index contributed by atoms with van der Waals surface area (Å²) in [5.74, 6) is -0.230. The molecule has 0 atom stereocenters. The normalized spacial score (nSPS) is 13.8. The quantitative estimate of drug-likeness (QED) is 0.547. The predicted octanol–water partition coefficient (Wildman–Crippen LogP) is 3.92. The van der Waals surface area contributed by atoms with E-state index < -0.39 is 4.92 Å². The lowest BCUT2D eigenvalue weighted by Gasteiger charge is -2.31. The second-order valence-electron chi connectivity index (χ2n) is 7.69. The molecule has 7 heteroatoms. The van der Waals surface area contributed by atoms with Crippen molar-refractivity contribution in [3.63, 3.8) is 0 Å². The third kappa shape index (κ3) is 4.67. The van der Waals surface area contributed by atoms with E-state index in [1.54, 1.807) is 43.1 Å². The first-order chi connectivity index (χ1) is 13.9. The number of hydrogen-bond acceptors (Lipinski definition) is 5. The number of carbonyl (C=O) groups excluding carboxylic acids is 1. The van der Waals surface area contributed by atoms with Crippen molar-refractivity contribution in [3.8, 4) is 0 Å². The summed E-state index contributed by atoms with van der Waals surface area (Å²) in [4.78, 5) is 29.6. The van der Waals surface area contributed by atoms with Crippen LogP contribution in [0.5, 0.6) is 0 Å². The molecule has 0 N–H and O–H groups in total. The molecule has 154 valence electrons. The Morgan fingerprint density at radius 2 is 1.76 bits per heavy atom. The first-order valence-corrected chi connectivity index (χ1v) is 9.92. The smallest absolute Gasteiger partial charge is 0.293 e. The van der Waals surface area contributed by atoms with E-state index in [9.17, 15) is 14.9 Å². The highest BCUT2D eigenvalue weighted by Crippen LogP contribution is 2.29. The molecule has 1 aliphatic rings. The van der Waals surface area contributed by atoms with Crippen LogP contribution in [0.15, 0.2) is 42.5 Å². The van der Waals surface area contributed by atoms with E-state index in [1.165, 1.54) is 31.0 Å². The highest BCUT2D eigenvalue weighted by Gasteiger charge is 2.22. The summed E-state index contributed by atoms with van der Waals surface area (Å²) >= 11 is 0. The van der Waals surface area contributed by atoms with Crippen LogP contribution in [0, 0.1) is 10.1 Å². The van der Waals surface area contributed by atoms with Crippen LogP contribution in [0.25, 0.3) is 0 Å². The number of carbonyl (C=O) groups is 1. The van der Waals surface area contributed by atoms with Gasteiger partial charge in [-0.3, -0.25) is 14.9 Å². The molecule has 2 aromatic carbocycles. The molecule has 1 heterocycles. The van der Waals surface area contributed by atoms with Crippen LogP contribution in [0.2, 0.25) is 0 Å². The molecule has 0 aliphatic carbocycles. The van der Waals surface area contributed by atoms with Gasteiger partial charge in [0.2, 0.25) is 0 Å². The standard InChI is InChI=1S/C22H28N4O3/c1-23(2)20-12-11-17(15-21(20)26(28)29)22(27)24(3)16-18-9-5-6-10-19(18)25-13-7-4-8-14-25/h5-6,9-12,15H,4,7-8,13-14,16H2,1-3H3. The molecule has 0 unspecified atom stereocenters. The van der Waals surface area contributed by atoms with Gasteiger partial charge in [-0.2, -0.15) is 0 Å². The summed E-state index contributed by atoms with van der Waals surface area (Å²) in [6.45, 7) is 2.52. The largest absolute Gasteiger partial charge is 0.372 e. The van der Waals surface area contributed by atoms with E-state index >= 15 is 0 Å². The van der Waals surface area contributed by atoms with Gasteiger partial charge in [-0.15, -0.1) is 0 Å². The molecule has 1 fully saturated rings. The number of nitro groups is 1. The SMILES string of the molecule is CN(Cc1ccccc1N1CCCCC1)C(=O)c1ccc(N(C)C)c([N+](=O)[O-])c1. The van der Waals surface area contributed by atoms with Gasteiger partial charge in [0, 0.05) is 58.1 Å². The molecule has 0 saturated carbocycles. The van der Waals surface area contributed by atoms with Gasteiger partial charge in [0.1, 0.15) is 5.69 Å². The Kier molecular flexibility index (Phi) is 6.36. The van der Waals surface area contributed by atoms with E-state index in [0.717, 1.165) is 18.7 Å². The van der Waals surface area contributed by atoms with Gasteiger partial charge < -0.3 is 14.7 Å². The number of amides is 1. The molecule has 2 aromatic rings. The molecule has 29 heavy (non-hydrogen) atoms. The van der Waals surface area contributed by atoms with Gasteiger partial charge in [-0.1, -0.05) is 18.2 Å². The Morgan fingerprint density at radius 1 is 1.07 bits per heavy atom. The monoisotopic (exact) mass is 396 g/mol. The maximum absolute atomic E-state index is 13.0. The fraction of sp³-hybridized carbons (Fsp3) is 0.409. The minimum Gasteiger partial charge on any atom is -0.372 e. The van der Waals surface area contributed by atoms with E-state index in [0.29, 0.717) is 17.8 Å². The van der Waals surface area contributed by atoms with Crippen LogP contribution in [0.4, 0.5) is 17.1 Å². The highest BCUT2D eigenvalue weighted by atomic mass is 16.6. The molecule has 0 spiro atoms. The van der Waals surface area contributed by atoms with Gasteiger partial charge in [0.15, 0.2) is 0 Å². The maximum Gasteiger partial charge on any atom is 0.293 e. The minimum atomic E-state index is -0.447. The van der Waals surface area contributed by atoms with Crippen LogP contribution in [-0.4, -0.2) is 50.0 Å². The van der Waals surface area contributed by atoms with Crippen molar-refractivity contribution in [3.05, 3.63) is 63.7 Å². The minimum absolute atomic E-state index is 0.0667. The molecule has 1 amide bonds. The van der Waals surface area contributed by atoms with Crippen molar-refractivity contribution in [2.75, 3.05) is 44.0 Å². The molecule has 7 nitrogen and oxygen atoms in total. The highest BCUT2D eigenvalue weighted by molar-refractivity contribution is 5.95. The van der Waals surface area contributed by atoms with Gasteiger partial charge in [0.05, 0.1) is 4.92 Å². The molecule has 1 aliphatic heterocycles. The van der Waals surface area contributed by atoms with Crippen LogP contribution in [-0.2, 0) is 6.54 Å². The number of nitro benzene ring substituents is 1. The van der Waals surface area contributed by atoms with Crippen molar-refractivity contribution >= 4 is 23.0 Å². The lowest BCUT2D eigenvalue weighted by Crippen LogP contribution is -2.32. The second-order valence-corrected chi connectivity index (χ2v) is 7.69. The lowest BCUT2D eigenvalue weighted by molar-refractivity contribution is -0.384. The summed E-state index contributed by atoms with van der Waals surface area (Å²) in [6.07, 6.45) is 3.63. The van der Waals surface area contributed by atoms with Gasteiger partial charge in [-0.05, 0) is 43.0 Å². The summed E-state index contributed by atoms with van der Waals surface area (Å²) in [5.41, 5.74) is 2.98. The van der Waals surface area contributed by atoms with Gasteiger partial charge in [-0.25, -0.2) is 0 Å². The summed E-state index contributed by atoms with van der Waals surface area (Å²) in [5, 5.41) is 11.4. The Morgan fingerprint density at radius 3 is 2.41 bits per heavy atom. The molecule has 1 saturated heterocycles. The van der Waals surface area contributed by atoms with Crippen LogP contribution < -0.4 is 9.80 Å². The van der Waals surface area contributed by atoms with Crippen LogP contribution in [0.1, 0.15) is 35.2 Å². The zero-order valence-corrected chi connectivity index (χ0v) is 17.3. The van der Waals surface area contributed by atoms with Crippen molar-refractivity contribution in [2.45, 2.75) is 25.8 Å². The second kappa shape index (κ2) is 8.94. The first kappa shape index (κ1) is 20.6. The molecule has 0 aromatic heterocycles. The Bertz CT molecular complexity index is 891. The third-order valence-corrected chi connectivity index (χ3v) is 5.34. The van der Waals surface area contributed by atoms with Crippen molar-refractivity contribution < 1.29 is 9.72 Å².